The summed E-state index contributed by atoms with van der Waals surface area (Å²) in [6, 6.07) is 36.9. The Hall–Kier alpha value is -5.24. The Morgan fingerprint density at radius 3 is 1.15 bits per heavy atom. The molecule has 0 atom stereocenters. The van der Waals surface area contributed by atoms with E-state index in [1.54, 1.807) is 0 Å². The Bertz CT molecular complexity index is 1810. The van der Waals surface area contributed by atoms with E-state index in [2.05, 4.69) is 94.1 Å². The van der Waals surface area contributed by atoms with Crippen molar-refractivity contribution in [2.45, 2.75) is 52.4 Å². The van der Waals surface area contributed by atoms with Crippen LogP contribution in [0.2, 0.25) is 0 Å². The van der Waals surface area contributed by atoms with E-state index in [1.165, 1.54) is 38.5 Å². The second-order valence-electron chi connectivity index (χ2n) is 12.5. The second kappa shape index (κ2) is 14.7. The monoisotopic (exact) mass is 636 g/mol. The maximum Gasteiger partial charge on any atom is 0.179 e. The lowest BCUT2D eigenvalue weighted by atomic mass is 10.2. The summed E-state index contributed by atoms with van der Waals surface area (Å²) >= 11 is 0. The normalized spacial score (nSPS) is 13.5. The largest absolute Gasteiger partial charge is 0.336 e. The highest BCUT2D eigenvalue weighted by Crippen LogP contribution is 2.42. The van der Waals surface area contributed by atoms with Gasteiger partial charge in [0.25, 0.3) is 0 Å². The minimum absolute atomic E-state index is 0.694. The van der Waals surface area contributed by atoms with Crippen molar-refractivity contribution in [3.63, 3.8) is 0 Å². The highest BCUT2D eigenvalue weighted by Gasteiger charge is 2.32. The van der Waals surface area contributed by atoms with Crippen LogP contribution in [0, 0.1) is 0 Å². The Morgan fingerprint density at radius 2 is 0.771 bits per heavy atom. The van der Waals surface area contributed by atoms with Crippen molar-refractivity contribution < 1.29 is 0 Å². The summed E-state index contributed by atoms with van der Waals surface area (Å²) in [5.74, 6) is 3.95. The summed E-state index contributed by atoms with van der Waals surface area (Å²) in [6.07, 6.45) is 7.53. The molecule has 0 saturated carbocycles. The van der Waals surface area contributed by atoms with Crippen molar-refractivity contribution in [3.8, 4) is 0 Å². The highest BCUT2D eigenvalue weighted by molar-refractivity contribution is 5.88. The Balaban J connectivity index is 0.000000153. The number of para-hydroxylation sites is 6. The summed E-state index contributed by atoms with van der Waals surface area (Å²) in [6.45, 7) is 8.31. The molecular weight excluding hydrogens is 592 g/mol. The van der Waals surface area contributed by atoms with Gasteiger partial charge in [-0.2, -0.15) is 0 Å². The Morgan fingerprint density at radius 1 is 0.417 bits per heavy atom. The third kappa shape index (κ3) is 6.61. The first-order valence-corrected chi connectivity index (χ1v) is 17.4. The van der Waals surface area contributed by atoms with Gasteiger partial charge in [0.05, 0.1) is 28.7 Å². The quantitative estimate of drug-likeness (QED) is 0.138. The first-order valence-electron chi connectivity index (χ1n) is 17.4. The van der Waals surface area contributed by atoms with Crippen molar-refractivity contribution in [1.82, 2.24) is 19.9 Å². The molecule has 8 rings (SSSR count). The van der Waals surface area contributed by atoms with E-state index in [0.29, 0.717) is 6.67 Å². The lowest BCUT2D eigenvalue weighted by Gasteiger charge is -2.20. The van der Waals surface area contributed by atoms with Gasteiger partial charge in [-0.05, 0) is 61.4 Å². The number of fused-ring (bicyclic) bond motifs is 4. The minimum atomic E-state index is 0.694. The summed E-state index contributed by atoms with van der Waals surface area (Å²) < 4.78 is 0. The average Bonchev–Trinajstić information content (AvgIpc) is 3.68. The van der Waals surface area contributed by atoms with Gasteiger partial charge < -0.3 is 19.6 Å². The molecular formula is C40H44N8. The van der Waals surface area contributed by atoms with Crippen LogP contribution in [0.3, 0.4) is 0 Å². The van der Waals surface area contributed by atoms with Gasteiger partial charge in [-0.15, -0.1) is 0 Å². The molecule has 0 N–H and O–H groups in total. The zero-order valence-corrected chi connectivity index (χ0v) is 28.0. The fourth-order valence-corrected chi connectivity index (χ4v) is 6.45. The molecule has 2 aliphatic heterocycles. The molecule has 2 aromatic heterocycles. The number of anilines is 6. The predicted octanol–water partition coefficient (Wildman–Crippen LogP) is 9.47. The minimum Gasteiger partial charge on any atom is -0.336 e. The molecule has 0 radical (unpaired) electrons. The molecule has 0 aliphatic carbocycles. The molecule has 2 aliphatic rings. The van der Waals surface area contributed by atoms with Gasteiger partial charge in [0.2, 0.25) is 0 Å². The number of unbranched alkanes of at least 4 members (excludes halogenated alkanes) is 4. The standard InChI is InChI=1S/C21H16N4.C19H28N4/c1-3-9-16(10-4-1)24-15-25(17-11-5-2-6-12-17)21-20(24)22-18-13-7-8-14-19(18)23-21;1-3-5-9-13-22-15-23(14-10-6-4-2)19-18(22)20-16-11-7-8-12-17(16)21-19/h1-14H,15H2;7-8,11-12H,3-6,9-10,13-15H2,1-2H3. The van der Waals surface area contributed by atoms with E-state index in [4.69, 9.17) is 19.9 Å². The number of benzene rings is 4. The van der Waals surface area contributed by atoms with Crippen LogP contribution < -0.4 is 19.6 Å². The number of hydrogen-bond donors (Lipinski definition) is 0. The molecule has 244 valence electrons. The fourth-order valence-electron chi connectivity index (χ4n) is 6.45. The summed E-state index contributed by atoms with van der Waals surface area (Å²) in [5.41, 5.74) is 6.07. The van der Waals surface area contributed by atoms with Crippen LogP contribution in [0.25, 0.3) is 22.1 Å². The maximum atomic E-state index is 4.92. The smallest absolute Gasteiger partial charge is 0.179 e. The molecule has 4 aromatic carbocycles. The van der Waals surface area contributed by atoms with Crippen molar-refractivity contribution >= 4 is 56.7 Å². The number of hydrogen-bond acceptors (Lipinski definition) is 8. The average molecular weight is 637 g/mol. The molecule has 0 bridgehead atoms. The van der Waals surface area contributed by atoms with Crippen LogP contribution in [0.5, 0.6) is 0 Å². The SMILES string of the molecule is CCCCCN1CN(CCCCC)c2nc3ccccc3nc21.c1ccc(N2CN(c3ccccc3)c3nc4ccccc4nc32)cc1. The van der Waals surface area contributed by atoms with Crippen molar-refractivity contribution in [1.29, 1.82) is 0 Å². The predicted molar refractivity (Wildman–Crippen MR) is 200 cm³/mol. The number of rotatable bonds is 10. The zero-order chi connectivity index (χ0) is 32.7. The molecule has 0 fully saturated rings. The van der Waals surface area contributed by atoms with Gasteiger partial charge in [-0.25, -0.2) is 19.9 Å². The van der Waals surface area contributed by atoms with Crippen molar-refractivity contribution in [2.75, 3.05) is 46.0 Å². The summed E-state index contributed by atoms with van der Waals surface area (Å²) in [4.78, 5) is 28.9. The highest BCUT2D eigenvalue weighted by atomic mass is 15.4. The third-order valence-electron chi connectivity index (χ3n) is 9.00. The van der Waals surface area contributed by atoms with E-state index in [0.717, 1.165) is 76.5 Å². The lowest BCUT2D eigenvalue weighted by molar-refractivity contribution is 0.648. The molecule has 48 heavy (non-hydrogen) atoms. The fraction of sp³-hybridized carbons (Fsp3) is 0.300. The number of nitrogens with zero attached hydrogens (tertiary/aromatic N) is 8. The zero-order valence-electron chi connectivity index (χ0n) is 28.0. The van der Waals surface area contributed by atoms with E-state index < -0.39 is 0 Å². The molecule has 0 amide bonds. The second-order valence-corrected chi connectivity index (χ2v) is 12.5. The van der Waals surface area contributed by atoms with Gasteiger partial charge in [-0.3, -0.25) is 0 Å². The first-order chi connectivity index (χ1) is 23.7. The van der Waals surface area contributed by atoms with Crippen LogP contribution in [0.1, 0.15) is 52.4 Å². The molecule has 8 heteroatoms. The van der Waals surface area contributed by atoms with Gasteiger partial charge in [-0.1, -0.05) is 100 Å². The summed E-state index contributed by atoms with van der Waals surface area (Å²) in [5, 5.41) is 0. The van der Waals surface area contributed by atoms with Crippen LogP contribution >= 0.6 is 0 Å². The third-order valence-corrected chi connectivity index (χ3v) is 9.00. The molecule has 8 nitrogen and oxygen atoms in total. The Kier molecular flexibility index (Phi) is 9.59. The summed E-state index contributed by atoms with van der Waals surface area (Å²) in [7, 11) is 0. The van der Waals surface area contributed by atoms with Gasteiger partial charge >= 0.3 is 0 Å². The van der Waals surface area contributed by atoms with E-state index in [9.17, 15) is 0 Å². The van der Waals surface area contributed by atoms with Gasteiger partial charge in [0.15, 0.2) is 23.3 Å². The van der Waals surface area contributed by atoms with Crippen molar-refractivity contribution in [2.24, 2.45) is 0 Å². The lowest BCUT2D eigenvalue weighted by Crippen LogP contribution is -2.32. The molecule has 0 unspecified atom stereocenters. The van der Waals surface area contributed by atoms with Crippen molar-refractivity contribution in [3.05, 3.63) is 109 Å². The van der Waals surface area contributed by atoms with E-state index in [-0.39, 0.29) is 0 Å². The van der Waals surface area contributed by atoms with Crippen LogP contribution in [0.15, 0.2) is 109 Å². The first kappa shape index (κ1) is 31.4. The maximum absolute atomic E-state index is 4.92. The van der Waals surface area contributed by atoms with Gasteiger partial charge in [0.1, 0.15) is 6.67 Å². The number of aromatic nitrogens is 4. The van der Waals surface area contributed by atoms with Gasteiger partial charge in [0, 0.05) is 24.5 Å². The molecule has 0 spiro atoms. The van der Waals surface area contributed by atoms with Crippen LogP contribution in [0.4, 0.5) is 34.6 Å². The Labute approximate surface area is 283 Å². The van der Waals surface area contributed by atoms with E-state index in [1.807, 2.05) is 48.5 Å². The molecule has 4 heterocycles. The van der Waals surface area contributed by atoms with Crippen LogP contribution in [-0.2, 0) is 0 Å². The van der Waals surface area contributed by atoms with E-state index >= 15 is 0 Å². The molecule has 6 aromatic rings. The molecule has 0 saturated heterocycles. The van der Waals surface area contributed by atoms with Crippen LogP contribution in [-0.4, -0.2) is 46.4 Å². The topological polar surface area (TPSA) is 64.5 Å².